The summed E-state index contributed by atoms with van der Waals surface area (Å²) in [5.74, 6) is 0.407. The second kappa shape index (κ2) is 9.38. The highest BCUT2D eigenvalue weighted by atomic mass is 19.4. The molecule has 0 aliphatic carbocycles. The minimum atomic E-state index is -4.43. The number of amides is 1. The molecule has 0 spiro atoms. The van der Waals surface area contributed by atoms with Gasteiger partial charge in [-0.15, -0.1) is 10.2 Å². The van der Waals surface area contributed by atoms with Crippen molar-refractivity contribution in [1.82, 2.24) is 10.2 Å². The maximum atomic E-state index is 12.7. The van der Waals surface area contributed by atoms with E-state index < -0.39 is 17.6 Å². The first-order valence-corrected chi connectivity index (χ1v) is 10.6. The summed E-state index contributed by atoms with van der Waals surface area (Å²) in [7, 11) is 0. The lowest BCUT2D eigenvalue weighted by molar-refractivity contribution is -0.137. The Bertz CT molecular complexity index is 1040. The zero-order chi connectivity index (χ0) is 22.6. The molecule has 1 aliphatic rings. The zero-order valence-corrected chi connectivity index (χ0v) is 17.4. The van der Waals surface area contributed by atoms with Gasteiger partial charge in [-0.3, -0.25) is 4.79 Å². The molecule has 0 radical (unpaired) electrons. The van der Waals surface area contributed by atoms with E-state index >= 15 is 0 Å². The first-order valence-electron chi connectivity index (χ1n) is 10.6. The van der Waals surface area contributed by atoms with E-state index in [-0.39, 0.29) is 5.56 Å². The molecule has 8 heteroatoms. The number of halogens is 3. The summed E-state index contributed by atoms with van der Waals surface area (Å²) in [5.41, 5.74) is 1.47. The van der Waals surface area contributed by atoms with Crippen LogP contribution in [0.4, 0.5) is 24.7 Å². The molecule has 0 bridgehead atoms. The van der Waals surface area contributed by atoms with Crippen molar-refractivity contribution in [3.8, 4) is 11.3 Å². The molecule has 1 saturated heterocycles. The third kappa shape index (κ3) is 5.25. The molecule has 166 valence electrons. The molecule has 5 nitrogen and oxygen atoms in total. The molecule has 1 aromatic heterocycles. The van der Waals surface area contributed by atoms with E-state index in [1.54, 1.807) is 12.1 Å². The fourth-order valence-electron chi connectivity index (χ4n) is 3.69. The molecule has 4 rings (SSSR count). The number of nitrogens with zero attached hydrogens (tertiary/aromatic N) is 3. The lowest BCUT2D eigenvalue weighted by Crippen LogP contribution is -2.25. The lowest BCUT2D eigenvalue weighted by atomic mass is 10.1. The summed E-state index contributed by atoms with van der Waals surface area (Å²) in [6.45, 7) is 2.00. The Labute approximate surface area is 184 Å². The third-order valence-electron chi connectivity index (χ3n) is 5.49. The molecule has 2 heterocycles. The number of anilines is 2. The van der Waals surface area contributed by atoms with Crippen molar-refractivity contribution in [3.63, 3.8) is 0 Å². The van der Waals surface area contributed by atoms with Gasteiger partial charge in [-0.05, 0) is 61.4 Å². The summed E-state index contributed by atoms with van der Waals surface area (Å²) >= 11 is 0. The Morgan fingerprint density at radius 1 is 0.812 bits per heavy atom. The molecule has 0 atom stereocenters. The zero-order valence-electron chi connectivity index (χ0n) is 17.4. The number of rotatable bonds is 4. The predicted octanol–water partition coefficient (Wildman–Crippen LogP) is 5.80. The van der Waals surface area contributed by atoms with Gasteiger partial charge in [-0.25, -0.2) is 0 Å². The van der Waals surface area contributed by atoms with Crippen LogP contribution in [0.3, 0.4) is 0 Å². The van der Waals surface area contributed by atoms with Gasteiger partial charge in [0, 0.05) is 29.9 Å². The number of nitrogens with one attached hydrogen (secondary N) is 1. The maximum absolute atomic E-state index is 12.7. The standard InChI is InChI=1S/C24H23F3N4O/c25-24(26,27)19-9-5-18(6-10-19)23(32)28-20-11-7-17(8-12-20)21-13-14-22(30-29-21)31-15-3-1-2-4-16-31/h5-14H,1-4,15-16H2,(H,28,32). The van der Waals surface area contributed by atoms with Gasteiger partial charge in [-0.2, -0.15) is 13.2 Å². The smallest absolute Gasteiger partial charge is 0.355 e. The van der Waals surface area contributed by atoms with E-state index in [4.69, 9.17) is 0 Å². The number of hydrogen-bond acceptors (Lipinski definition) is 4. The normalized spacial score (nSPS) is 14.7. The number of alkyl halides is 3. The van der Waals surface area contributed by atoms with Gasteiger partial charge in [0.15, 0.2) is 5.82 Å². The van der Waals surface area contributed by atoms with Crippen molar-refractivity contribution in [2.75, 3.05) is 23.3 Å². The van der Waals surface area contributed by atoms with Gasteiger partial charge in [0.05, 0.1) is 11.3 Å². The molecule has 1 N–H and O–H groups in total. The lowest BCUT2D eigenvalue weighted by Gasteiger charge is -2.20. The van der Waals surface area contributed by atoms with Gasteiger partial charge < -0.3 is 10.2 Å². The van der Waals surface area contributed by atoms with Crippen LogP contribution in [-0.4, -0.2) is 29.2 Å². The van der Waals surface area contributed by atoms with Crippen LogP contribution >= 0.6 is 0 Å². The summed E-state index contributed by atoms with van der Waals surface area (Å²) in [6, 6.07) is 15.1. The molecule has 0 unspecified atom stereocenters. The Hall–Kier alpha value is -3.42. The maximum Gasteiger partial charge on any atom is 0.416 e. The van der Waals surface area contributed by atoms with Gasteiger partial charge in [0.25, 0.3) is 5.91 Å². The Morgan fingerprint density at radius 2 is 1.47 bits per heavy atom. The molecule has 0 saturated carbocycles. The van der Waals surface area contributed by atoms with Crippen LogP contribution < -0.4 is 10.2 Å². The Morgan fingerprint density at radius 3 is 2.03 bits per heavy atom. The molecule has 2 aromatic carbocycles. The molecule has 1 aliphatic heterocycles. The Balaban J connectivity index is 1.40. The summed E-state index contributed by atoms with van der Waals surface area (Å²) < 4.78 is 38.0. The van der Waals surface area contributed by atoms with Crippen LogP contribution in [0.2, 0.25) is 0 Å². The number of carbonyl (C=O) groups excluding carboxylic acids is 1. The highest BCUT2D eigenvalue weighted by Gasteiger charge is 2.30. The number of benzene rings is 2. The summed E-state index contributed by atoms with van der Waals surface area (Å²) in [4.78, 5) is 14.6. The SMILES string of the molecule is O=C(Nc1ccc(-c2ccc(N3CCCCCC3)nn2)cc1)c1ccc(C(F)(F)F)cc1. The largest absolute Gasteiger partial charge is 0.416 e. The average molecular weight is 440 g/mol. The Kier molecular flexibility index (Phi) is 6.39. The van der Waals surface area contributed by atoms with Crippen LogP contribution in [0, 0.1) is 0 Å². The van der Waals surface area contributed by atoms with Crippen LogP contribution in [0.25, 0.3) is 11.3 Å². The van der Waals surface area contributed by atoms with E-state index in [2.05, 4.69) is 20.4 Å². The van der Waals surface area contributed by atoms with Crippen molar-refractivity contribution in [2.24, 2.45) is 0 Å². The minimum absolute atomic E-state index is 0.150. The number of carbonyl (C=O) groups is 1. The highest BCUT2D eigenvalue weighted by Crippen LogP contribution is 2.29. The minimum Gasteiger partial charge on any atom is -0.355 e. The van der Waals surface area contributed by atoms with Crippen LogP contribution in [0.15, 0.2) is 60.7 Å². The molecule has 32 heavy (non-hydrogen) atoms. The van der Waals surface area contributed by atoms with Crippen molar-refractivity contribution < 1.29 is 18.0 Å². The molecule has 3 aromatic rings. The van der Waals surface area contributed by atoms with Gasteiger partial charge in [-0.1, -0.05) is 25.0 Å². The fraction of sp³-hybridized carbons (Fsp3) is 0.292. The van der Waals surface area contributed by atoms with Crippen molar-refractivity contribution in [1.29, 1.82) is 0 Å². The second-order valence-electron chi connectivity index (χ2n) is 7.78. The van der Waals surface area contributed by atoms with Crippen molar-refractivity contribution in [2.45, 2.75) is 31.9 Å². The third-order valence-corrected chi connectivity index (χ3v) is 5.49. The van der Waals surface area contributed by atoms with Gasteiger partial charge in [0.2, 0.25) is 0 Å². The van der Waals surface area contributed by atoms with Gasteiger partial charge >= 0.3 is 6.18 Å². The number of hydrogen-bond donors (Lipinski definition) is 1. The van der Waals surface area contributed by atoms with Crippen LogP contribution in [-0.2, 0) is 6.18 Å². The molecule has 1 fully saturated rings. The first-order chi connectivity index (χ1) is 15.4. The summed E-state index contributed by atoms with van der Waals surface area (Å²) in [6.07, 6.45) is 0.415. The van der Waals surface area contributed by atoms with E-state index in [0.29, 0.717) is 5.69 Å². The first kappa shape index (κ1) is 21.8. The van der Waals surface area contributed by atoms with Crippen molar-refractivity contribution >= 4 is 17.4 Å². The van der Waals surface area contributed by atoms with Crippen LogP contribution in [0.1, 0.15) is 41.6 Å². The number of aromatic nitrogens is 2. The van der Waals surface area contributed by atoms with E-state index in [9.17, 15) is 18.0 Å². The summed E-state index contributed by atoms with van der Waals surface area (Å²) in [5, 5.41) is 11.4. The quantitative estimate of drug-likeness (QED) is 0.558. The van der Waals surface area contributed by atoms with E-state index in [1.165, 1.54) is 25.7 Å². The van der Waals surface area contributed by atoms with Gasteiger partial charge in [0.1, 0.15) is 0 Å². The average Bonchev–Trinajstić information content (AvgIpc) is 3.09. The topological polar surface area (TPSA) is 58.1 Å². The monoisotopic (exact) mass is 440 g/mol. The predicted molar refractivity (Wildman–Crippen MR) is 118 cm³/mol. The van der Waals surface area contributed by atoms with Crippen LogP contribution in [0.5, 0.6) is 0 Å². The fourth-order valence-corrected chi connectivity index (χ4v) is 3.69. The van der Waals surface area contributed by atoms with E-state index in [0.717, 1.165) is 54.4 Å². The van der Waals surface area contributed by atoms with E-state index in [1.807, 2.05) is 24.3 Å². The second-order valence-corrected chi connectivity index (χ2v) is 7.78. The molecular weight excluding hydrogens is 417 g/mol. The molecule has 1 amide bonds. The highest BCUT2D eigenvalue weighted by molar-refractivity contribution is 6.04. The van der Waals surface area contributed by atoms with Crippen molar-refractivity contribution in [3.05, 3.63) is 71.8 Å². The molecular formula is C24H23F3N4O.